The van der Waals surface area contributed by atoms with Gasteiger partial charge in [-0.15, -0.1) is 0 Å². The Kier molecular flexibility index (Phi) is 11.7. The number of benzene rings is 4. The Labute approximate surface area is 228 Å². The van der Waals surface area contributed by atoms with Crippen molar-refractivity contribution >= 4 is 23.6 Å². The van der Waals surface area contributed by atoms with E-state index in [1.807, 2.05) is 103 Å². The van der Waals surface area contributed by atoms with E-state index in [1.165, 1.54) is 5.56 Å². The van der Waals surface area contributed by atoms with Crippen LogP contribution in [0.25, 0.3) is 22.2 Å². The quantitative estimate of drug-likeness (QED) is 0.197. The molecule has 0 aliphatic carbocycles. The fourth-order valence-electron chi connectivity index (χ4n) is 3.65. The van der Waals surface area contributed by atoms with E-state index >= 15 is 0 Å². The van der Waals surface area contributed by atoms with Crippen LogP contribution >= 0.6 is 0 Å². The second-order valence-electron chi connectivity index (χ2n) is 8.01. The predicted octanol–water partition coefficient (Wildman–Crippen LogP) is 5.86. The number of ether oxygens (including phenoxy) is 2. The molecule has 1 aromatic heterocycles. The van der Waals surface area contributed by atoms with Gasteiger partial charge in [0.2, 0.25) is 6.41 Å². The first-order chi connectivity index (χ1) is 19.2. The zero-order valence-corrected chi connectivity index (χ0v) is 21.9. The molecule has 4 aromatic carbocycles. The van der Waals surface area contributed by atoms with Gasteiger partial charge in [-0.1, -0.05) is 97.1 Å². The summed E-state index contributed by atoms with van der Waals surface area (Å²) in [5, 5.41) is 0.805. The molecular formula is C32H31N3O4. The summed E-state index contributed by atoms with van der Waals surface area (Å²) in [5.41, 5.74) is 8.71. The molecule has 0 aliphatic heterocycles. The standard InChI is InChI=1S/C17H13NO2.C13H12O.C2H6N2O/c1-20-17-14(11-19)13-9-5-6-10-15(13)18-16(17)12-7-3-2-4-8-12;1-3-7-12(8-4-1)11-14-13-9-5-2-6-10-13;1-3-4-2-5/h2-11H,1H3;1-10H,11H2;2-3H,1H3,(H,4,5). The van der Waals surface area contributed by atoms with Gasteiger partial charge in [-0.2, -0.15) is 0 Å². The van der Waals surface area contributed by atoms with Crippen molar-refractivity contribution in [1.29, 1.82) is 0 Å². The second-order valence-corrected chi connectivity index (χ2v) is 8.01. The summed E-state index contributed by atoms with van der Waals surface area (Å²) in [5.74, 6) is 1.43. The summed E-state index contributed by atoms with van der Waals surface area (Å²) in [4.78, 5) is 25.3. The van der Waals surface area contributed by atoms with Crippen LogP contribution < -0.4 is 20.3 Å². The van der Waals surface area contributed by atoms with Gasteiger partial charge in [0.25, 0.3) is 0 Å². The highest BCUT2D eigenvalue weighted by molar-refractivity contribution is 6.02. The lowest BCUT2D eigenvalue weighted by Crippen LogP contribution is -2.24. The molecule has 7 nitrogen and oxygen atoms in total. The number of fused-ring (bicyclic) bond motifs is 1. The Morgan fingerprint density at radius 2 is 1.36 bits per heavy atom. The van der Waals surface area contributed by atoms with Crippen LogP contribution in [0.4, 0.5) is 0 Å². The molecule has 0 fully saturated rings. The number of pyridine rings is 1. The molecule has 1 heterocycles. The number of hydrogen-bond donors (Lipinski definition) is 2. The van der Waals surface area contributed by atoms with Gasteiger partial charge in [0.15, 0.2) is 12.0 Å². The number of hydrazine groups is 1. The Morgan fingerprint density at radius 1 is 0.769 bits per heavy atom. The summed E-state index contributed by atoms with van der Waals surface area (Å²) >= 11 is 0. The maximum absolute atomic E-state index is 11.5. The Balaban J connectivity index is 0.000000192. The summed E-state index contributed by atoms with van der Waals surface area (Å²) in [6.07, 6.45) is 1.40. The van der Waals surface area contributed by atoms with Gasteiger partial charge in [-0.05, 0) is 23.8 Å². The van der Waals surface area contributed by atoms with Crippen molar-refractivity contribution in [2.24, 2.45) is 0 Å². The third-order valence-corrected chi connectivity index (χ3v) is 5.45. The third kappa shape index (κ3) is 8.52. The van der Waals surface area contributed by atoms with E-state index in [-0.39, 0.29) is 0 Å². The number of aldehydes is 1. The minimum Gasteiger partial charge on any atom is -0.494 e. The largest absolute Gasteiger partial charge is 0.494 e. The lowest BCUT2D eigenvalue weighted by molar-refractivity contribution is -0.110. The molecule has 0 radical (unpaired) electrons. The molecule has 5 rings (SSSR count). The van der Waals surface area contributed by atoms with Crippen LogP contribution in [0.2, 0.25) is 0 Å². The molecule has 0 aliphatic rings. The molecule has 5 aromatic rings. The zero-order chi connectivity index (χ0) is 27.7. The smallest absolute Gasteiger partial charge is 0.221 e. The molecule has 0 saturated heterocycles. The predicted molar refractivity (Wildman–Crippen MR) is 155 cm³/mol. The minimum absolute atomic E-state index is 0.518. The molecule has 0 atom stereocenters. The number of carbonyl (C=O) groups excluding carboxylic acids is 2. The average Bonchev–Trinajstić information content (AvgIpc) is 3.01. The molecule has 2 N–H and O–H groups in total. The highest BCUT2D eigenvalue weighted by Crippen LogP contribution is 2.34. The number of carbonyl (C=O) groups is 2. The Hall–Kier alpha value is -5.01. The van der Waals surface area contributed by atoms with E-state index in [1.54, 1.807) is 14.2 Å². The number of nitrogens with one attached hydrogen (secondary N) is 2. The topological polar surface area (TPSA) is 89.5 Å². The van der Waals surface area contributed by atoms with Crippen molar-refractivity contribution in [3.8, 4) is 22.8 Å². The summed E-state index contributed by atoms with van der Waals surface area (Å²) in [6, 6.07) is 37.3. The van der Waals surface area contributed by atoms with E-state index in [4.69, 9.17) is 9.47 Å². The van der Waals surface area contributed by atoms with Crippen LogP contribution in [0, 0.1) is 0 Å². The van der Waals surface area contributed by atoms with Crippen molar-refractivity contribution < 1.29 is 19.1 Å². The number of rotatable bonds is 8. The molecule has 0 spiro atoms. The molecule has 0 bridgehead atoms. The first-order valence-electron chi connectivity index (χ1n) is 12.3. The maximum atomic E-state index is 11.5. The Morgan fingerprint density at radius 3 is 1.92 bits per heavy atom. The van der Waals surface area contributed by atoms with E-state index in [0.29, 0.717) is 30.0 Å². The van der Waals surface area contributed by atoms with Crippen LogP contribution in [0.1, 0.15) is 15.9 Å². The number of amides is 1. The van der Waals surface area contributed by atoms with Gasteiger partial charge in [-0.3, -0.25) is 15.0 Å². The van der Waals surface area contributed by atoms with E-state index < -0.39 is 0 Å². The monoisotopic (exact) mass is 521 g/mol. The van der Waals surface area contributed by atoms with Gasteiger partial charge < -0.3 is 9.47 Å². The number of aromatic nitrogens is 1. The van der Waals surface area contributed by atoms with Crippen molar-refractivity contribution in [3.05, 3.63) is 126 Å². The van der Waals surface area contributed by atoms with Gasteiger partial charge in [-0.25, -0.2) is 10.4 Å². The van der Waals surface area contributed by atoms with Crippen molar-refractivity contribution in [1.82, 2.24) is 15.8 Å². The number of para-hydroxylation sites is 2. The minimum atomic E-state index is 0.518. The molecule has 39 heavy (non-hydrogen) atoms. The first kappa shape index (κ1) is 28.6. The summed E-state index contributed by atoms with van der Waals surface area (Å²) < 4.78 is 11.0. The Bertz CT molecular complexity index is 1390. The van der Waals surface area contributed by atoms with Crippen LogP contribution in [0.3, 0.4) is 0 Å². The number of hydrogen-bond acceptors (Lipinski definition) is 6. The second kappa shape index (κ2) is 16.0. The third-order valence-electron chi connectivity index (χ3n) is 5.45. The van der Waals surface area contributed by atoms with Crippen molar-refractivity contribution in [3.63, 3.8) is 0 Å². The fraction of sp³-hybridized carbons (Fsp3) is 0.0938. The lowest BCUT2D eigenvalue weighted by atomic mass is 10.0. The lowest BCUT2D eigenvalue weighted by Gasteiger charge is -2.12. The number of methoxy groups -OCH3 is 1. The van der Waals surface area contributed by atoms with Crippen LogP contribution in [-0.2, 0) is 11.4 Å². The SMILES string of the molecule is CNNC=O.COc1c(-c2ccccc2)nc2ccccc2c1C=O.c1ccc(COc2ccccc2)cc1. The van der Waals surface area contributed by atoms with Crippen LogP contribution in [0.15, 0.2) is 115 Å². The number of nitrogens with zero attached hydrogens (tertiary/aromatic N) is 1. The highest BCUT2D eigenvalue weighted by atomic mass is 16.5. The van der Waals surface area contributed by atoms with Gasteiger partial charge in [0.1, 0.15) is 18.1 Å². The van der Waals surface area contributed by atoms with Crippen LogP contribution in [-0.4, -0.2) is 31.8 Å². The average molecular weight is 522 g/mol. The molecule has 0 unspecified atom stereocenters. The fourth-order valence-corrected chi connectivity index (χ4v) is 3.65. The van der Waals surface area contributed by atoms with Gasteiger partial charge in [0, 0.05) is 18.0 Å². The highest BCUT2D eigenvalue weighted by Gasteiger charge is 2.16. The molecule has 1 amide bonds. The van der Waals surface area contributed by atoms with E-state index in [0.717, 1.165) is 28.5 Å². The summed E-state index contributed by atoms with van der Waals surface area (Å²) in [6.45, 7) is 0.630. The normalized spacial score (nSPS) is 9.69. The summed E-state index contributed by atoms with van der Waals surface area (Å²) in [7, 11) is 3.18. The van der Waals surface area contributed by atoms with Gasteiger partial charge >= 0.3 is 0 Å². The molecular weight excluding hydrogens is 490 g/mol. The zero-order valence-electron chi connectivity index (χ0n) is 21.9. The molecule has 198 valence electrons. The van der Waals surface area contributed by atoms with Crippen LogP contribution in [0.5, 0.6) is 11.5 Å². The molecule has 0 saturated carbocycles. The molecule has 7 heteroatoms. The van der Waals surface area contributed by atoms with Crippen molar-refractivity contribution in [2.45, 2.75) is 6.61 Å². The van der Waals surface area contributed by atoms with E-state index in [2.05, 4.69) is 28.0 Å². The van der Waals surface area contributed by atoms with E-state index in [9.17, 15) is 9.59 Å². The van der Waals surface area contributed by atoms with Crippen molar-refractivity contribution in [2.75, 3.05) is 14.2 Å². The maximum Gasteiger partial charge on any atom is 0.221 e. The first-order valence-corrected chi connectivity index (χ1v) is 12.3. The van der Waals surface area contributed by atoms with Gasteiger partial charge in [0.05, 0.1) is 18.2 Å².